The van der Waals surface area contributed by atoms with Gasteiger partial charge in [0.05, 0.1) is 30.9 Å². The number of Topliss-reactive ketones (excluding diaryl/α,β-unsaturated/α-hetero) is 1. The second kappa shape index (κ2) is 6.68. The average molecular weight is 368 g/mol. The largest absolute Gasteiger partial charge is 0.496 e. The predicted molar refractivity (Wildman–Crippen MR) is 102 cm³/mol. The number of nitrogens with zero attached hydrogens (tertiary/aromatic N) is 2. The summed E-state index contributed by atoms with van der Waals surface area (Å²) in [6.45, 7) is 2.20. The molecule has 0 unspecified atom stereocenters. The molecule has 3 aromatic rings. The number of carbonyl (C=O) groups is 1. The number of ketones is 1. The Labute approximate surface area is 155 Å². The molecule has 1 aliphatic carbocycles. The zero-order chi connectivity index (χ0) is 18.3. The number of hydrogen-bond donors (Lipinski definition) is 0. The van der Waals surface area contributed by atoms with Crippen LogP contribution in [-0.4, -0.2) is 22.4 Å². The molecule has 0 fully saturated rings. The quantitative estimate of drug-likeness (QED) is 0.662. The van der Waals surface area contributed by atoms with E-state index in [2.05, 4.69) is 11.9 Å². The van der Waals surface area contributed by atoms with E-state index in [4.69, 9.17) is 4.74 Å². The Morgan fingerprint density at radius 2 is 2.19 bits per heavy atom. The van der Waals surface area contributed by atoms with Crippen LogP contribution in [0.1, 0.15) is 34.1 Å². The number of aryl methyl sites for hydroxylation is 1. The van der Waals surface area contributed by atoms with Gasteiger partial charge in [0.1, 0.15) is 10.6 Å². The molecular weight excluding hydrogens is 348 g/mol. The van der Waals surface area contributed by atoms with Crippen molar-refractivity contribution in [2.45, 2.75) is 32.7 Å². The van der Waals surface area contributed by atoms with Crippen LogP contribution in [0.3, 0.4) is 0 Å². The summed E-state index contributed by atoms with van der Waals surface area (Å²) in [6, 6.07) is 7.06. The van der Waals surface area contributed by atoms with Gasteiger partial charge in [-0.1, -0.05) is 19.1 Å². The maximum atomic E-state index is 13.0. The lowest BCUT2D eigenvalue weighted by Crippen LogP contribution is -2.25. The predicted octanol–water partition coefficient (Wildman–Crippen LogP) is 3.47. The van der Waals surface area contributed by atoms with Gasteiger partial charge in [0.2, 0.25) is 0 Å². The highest BCUT2D eigenvalue weighted by Crippen LogP contribution is 2.35. The monoisotopic (exact) mass is 368 g/mol. The second-order valence-corrected chi connectivity index (χ2v) is 7.92. The highest BCUT2D eigenvalue weighted by atomic mass is 32.1. The number of hydrogen-bond acceptors (Lipinski definition) is 5. The van der Waals surface area contributed by atoms with E-state index in [1.165, 1.54) is 22.9 Å². The summed E-state index contributed by atoms with van der Waals surface area (Å²) >= 11 is 1.62. The van der Waals surface area contributed by atoms with Gasteiger partial charge in [0, 0.05) is 4.88 Å². The second-order valence-electron chi connectivity index (χ2n) is 6.83. The van der Waals surface area contributed by atoms with Crippen LogP contribution in [0.5, 0.6) is 5.75 Å². The van der Waals surface area contributed by atoms with Gasteiger partial charge in [0.15, 0.2) is 5.78 Å². The van der Waals surface area contributed by atoms with E-state index in [1.54, 1.807) is 29.5 Å². The number of carbonyl (C=O) groups excluding carboxylic acids is 1. The van der Waals surface area contributed by atoms with Gasteiger partial charge >= 0.3 is 0 Å². The first kappa shape index (κ1) is 17.0. The molecule has 1 aromatic carbocycles. The van der Waals surface area contributed by atoms with E-state index in [0.717, 1.165) is 29.7 Å². The first-order valence-electron chi connectivity index (χ1n) is 8.74. The van der Waals surface area contributed by atoms with Crippen LogP contribution in [-0.2, 0) is 19.4 Å². The van der Waals surface area contributed by atoms with Crippen LogP contribution in [0.2, 0.25) is 0 Å². The summed E-state index contributed by atoms with van der Waals surface area (Å²) in [7, 11) is 1.53. The van der Waals surface area contributed by atoms with Crippen LogP contribution < -0.4 is 10.3 Å². The minimum Gasteiger partial charge on any atom is -0.496 e. The fourth-order valence-electron chi connectivity index (χ4n) is 3.59. The lowest BCUT2D eigenvalue weighted by atomic mass is 9.89. The van der Waals surface area contributed by atoms with Crippen LogP contribution in [0, 0.1) is 5.92 Å². The SMILES string of the molecule is COc1ccccc1C(=O)Cn1cnc2sc3c(c2c1=O)CC[C@H](C)C3. The van der Waals surface area contributed by atoms with Gasteiger partial charge in [-0.3, -0.25) is 14.2 Å². The number of methoxy groups -OCH3 is 1. The molecule has 0 bridgehead atoms. The molecule has 0 saturated heterocycles. The summed E-state index contributed by atoms with van der Waals surface area (Å²) in [6.07, 6.45) is 4.50. The fraction of sp³-hybridized carbons (Fsp3) is 0.350. The Kier molecular flexibility index (Phi) is 4.36. The van der Waals surface area contributed by atoms with Gasteiger partial charge in [-0.25, -0.2) is 4.98 Å². The molecule has 4 rings (SSSR count). The molecule has 1 aliphatic rings. The standard InChI is InChI=1S/C20H20N2O3S/c1-12-7-8-14-17(9-12)26-19-18(14)20(24)22(11-21-19)10-15(23)13-5-3-4-6-16(13)25-2/h3-6,11-12H,7-10H2,1-2H3/t12-/m0/s1. The first-order valence-corrected chi connectivity index (χ1v) is 9.56. The van der Waals surface area contributed by atoms with Crippen molar-refractivity contribution < 1.29 is 9.53 Å². The van der Waals surface area contributed by atoms with Crippen molar-refractivity contribution in [1.82, 2.24) is 9.55 Å². The summed E-state index contributed by atoms with van der Waals surface area (Å²) < 4.78 is 6.67. The molecule has 6 heteroatoms. The van der Waals surface area contributed by atoms with E-state index < -0.39 is 0 Å². The zero-order valence-electron chi connectivity index (χ0n) is 14.8. The third-order valence-corrected chi connectivity index (χ3v) is 6.17. The molecule has 5 nitrogen and oxygen atoms in total. The molecule has 2 heterocycles. The van der Waals surface area contributed by atoms with Crippen molar-refractivity contribution in [3.63, 3.8) is 0 Å². The Bertz CT molecular complexity index is 1050. The summed E-state index contributed by atoms with van der Waals surface area (Å²) in [5.41, 5.74) is 1.49. The fourth-order valence-corrected chi connectivity index (χ4v) is 4.93. The summed E-state index contributed by atoms with van der Waals surface area (Å²) in [5.74, 6) is 0.995. The highest BCUT2D eigenvalue weighted by Gasteiger charge is 2.23. The number of aromatic nitrogens is 2. The van der Waals surface area contributed by atoms with Crippen LogP contribution in [0.25, 0.3) is 10.2 Å². The molecule has 0 spiro atoms. The van der Waals surface area contributed by atoms with E-state index in [1.807, 2.05) is 6.07 Å². The van der Waals surface area contributed by atoms with Gasteiger partial charge in [-0.15, -0.1) is 11.3 Å². The van der Waals surface area contributed by atoms with Crippen molar-refractivity contribution in [2.24, 2.45) is 5.92 Å². The van der Waals surface area contributed by atoms with Crippen molar-refractivity contribution in [3.05, 3.63) is 57.0 Å². The average Bonchev–Trinajstić information content (AvgIpc) is 3.02. The van der Waals surface area contributed by atoms with Gasteiger partial charge < -0.3 is 4.74 Å². The van der Waals surface area contributed by atoms with Crippen molar-refractivity contribution in [2.75, 3.05) is 7.11 Å². The van der Waals surface area contributed by atoms with Crippen LogP contribution >= 0.6 is 11.3 Å². The van der Waals surface area contributed by atoms with E-state index in [9.17, 15) is 9.59 Å². The van der Waals surface area contributed by atoms with E-state index in [0.29, 0.717) is 22.6 Å². The molecule has 26 heavy (non-hydrogen) atoms. The number of thiophene rings is 1. The maximum absolute atomic E-state index is 13.0. The molecule has 1 atom stereocenters. The first-order chi connectivity index (χ1) is 12.6. The Morgan fingerprint density at radius 3 is 3.00 bits per heavy atom. The summed E-state index contributed by atoms with van der Waals surface area (Å²) in [4.78, 5) is 32.2. The molecule has 0 amide bonds. The number of fused-ring (bicyclic) bond motifs is 3. The Hall–Kier alpha value is -2.47. The minimum atomic E-state index is -0.164. The Balaban J connectivity index is 1.73. The van der Waals surface area contributed by atoms with Crippen LogP contribution in [0.15, 0.2) is 35.4 Å². The molecule has 0 radical (unpaired) electrons. The third kappa shape index (κ3) is 2.84. The number of para-hydroxylation sites is 1. The Morgan fingerprint density at radius 1 is 1.38 bits per heavy atom. The topological polar surface area (TPSA) is 61.2 Å². The molecule has 0 aliphatic heterocycles. The van der Waals surface area contributed by atoms with Crippen molar-refractivity contribution in [3.8, 4) is 5.75 Å². The van der Waals surface area contributed by atoms with Crippen molar-refractivity contribution >= 4 is 27.3 Å². The number of benzene rings is 1. The molecule has 2 aromatic heterocycles. The van der Waals surface area contributed by atoms with Gasteiger partial charge in [0.25, 0.3) is 5.56 Å². The zero-order valence-corrected chi connectivity index (χ0v) is 15.6. The molecule has 0 N–H and O–H groups in total. The van der Waals surface area contributed by atoms with Crippen molar-refractivity contribution in [1.29, 1.82) is 0 Å². The van der Waals surface area contributed by atoms with Crippen LogP contribution in [0.4, 0.5) is 0 Å². The number of rotatable bonds is 4. The normalized spacial score (nSPS) is 16.5. The lowest BCUT2D eigenvalue weighted by Gasteiger charge is -2.17. The van der Waals surface area contributed by atoms with Gasteiger partial charge in [-0.05, 0) is 42.9 Å². The van der Waals surface area contributed by atoms with E-state index >= 15 is 0 Å². The highest BCUT2D eigenvalue weighted by molar-refractivity contribution is 7.18. The smallest absolute Gasteiger partial charge is 0.262 e. The van der Waals surface area contributed by atoms with Gasteiger partial charge in [-0.2, -0.15) is 0 Å². The minimum absolute atomic E-state index is 0.0385. The third-order valence-electron chi connectivity index (χ3n) is 5.00. The number of ether oxygens (including phenoxy) is 1. The molecular formula is C20H20N2O3S. The summed E-state index contributed by atoms with van der Waals surface area (Å²) in [5, 5.41) is 0.701. The lowest BCUT2D eigenvalue weighted by molar-refractivity contribution is 0.0967. The maximum Gasteiger partial charge on any atom is 0.262 e. The van der Waals surface area contributed by atoms with E-state index in [-0.39, 0.29) is 17.9 Å². The molecule has 134 valence electrons. The molecule has 0 saturated carbocycles.